The second-order valence-electron chi connectivity index (χ2n) is 7.25. The number of carbonyl (C=O) groups is 2. The maximum Gasteiger partial charge on any atom is 0.240 e. The molecule has 1 aliphatic heterocycles. The van der Waals surface area contributed by atoms with Crippen LogP contribution in [0.4, 0.5) is 5.13 Å². The van der Waals surface area contributed by atoms with Crippen LogP contribution >= 0.6 is 11.3 Å². The molecule has 1 aromatic heterocycles. The van der Waals surface area contributed by atoms with Crippen LogP contribution in [0.25, 0.3) is 0 Å². The minimum Gasteiger partial charge on any atom is -0.353 e. The summed E-state index contributed by atoms with van der Waals surface area (Å²) in [6, 6.07) is -0.158. The van der Waals surface area contributed by atoms with E-state index in [0.29, 0.717) is 24.1 Å². The van der Waals surface area contributed by atoms with E-state index >= 15 is 0 Å². The average Bonchev–Trinajstić information content (AvgIpc) is 3.16. The average molecular weight is 337 g/mol. The quantitative estimate of drug-likeness (QED) is 0.855. The number of anilines is 1. The topological polar surface area (TPSA) is 87.2 Å². The van der Waals surface area contributed by atoms with Crippen molar-refractivity contribution >= 4 is 28.3 Å². The van der Waals surface area contributed by atoms with Crippen molar-refractivity contribution in [3.05, 3.63) is 5.01 Å². The molecular formula is C15H23N5O2S. The summed E-state index contributed by atoms with van der Waals surface area (Å²) in [6.45, 7) is 7.72. The molecule has 1 saturated carbocycles. The molecule has 1 aromatic rings. The summed E-state index contributed by atoms with van der Waals surface area (Å²) in [7, 11) is 0. The van der Waals surface area contributed by atoms with Gasteiger partial charge in [0, 0.05) is 18.5 Å². The van der Waals surface area contributed by atoms with E-state index in [2.05, 4.69) is 41.6 Å². The maximum absolute atomic E-state index is 12.3. The number of hydrogen-bond acceptors (Lipinski definition) is 6. The fourth-order valence-electron chi connectivity index (χ4n) is 2.75. The van der Waals surface area contributed by atoms with Crippen LogP contribution in [0.3, 0.4) is 0 Å². The molecule has 3 rings (SSSR count). The van der Waals surface area contributed by atoms with E-state index in [0.717, 1.165) is 17.8 Å². The van der Waals surface area contributed by atoms with E-state index in [1.54, 1.807) is 0 Å². The van der Waals surface area contributed by atoms with Gasteiger partial charge in [0.2, 0.25) is 16.9 Å². The van der Waals surface area contributed by atoms with E-state index in [-0.39, 0.29) is 29.8 Å². The van der Waals surface area contributed by atoms with Gasteiger partial charge in [0.15, 0.2) is 0 Å². The molecule has 1 aliphatic carbocycles. The second kappa shape index (κ2) is 6.16. The lowest BCUT2D eigenvalue weighted by Crippen LogP contribution is -2.57. The zero-order chi connectivity index (χ0) is 16.6. The number of amides is 2. The molecule has 0 radical (unpaired) electrons. The summed E-state index contributed by atoms with van der Waals surface area (Å²) < 4.78 is 0. The number of nitrogens with one attached hydrogen (secondary N) is 2. The highest BCUT2D eigenvalue weighted by Gasteiger charge is 2.42. The summed E-state index contributed by atoms with van der Waals surface area (Å²) in [5.74, 6) is 0.316. The van der Waals surface area contributed by atoms with Gasteiger partial charge in [0.25, 0.3) is 0 Å². The first kappa shape index (κ1) is 16.3. The van der Waals surface area contributed by atoms with Crippen molar-refractivity contribution < 1.29 is 9.59 Å². The summed E-state index contributed by atoms with van der Waals surface area (Å²) in [4.78, 5) is 26.3. The normalized spacial score (nSPS) is 22.7. The van der Waals surface area contributed by atoms with Crippen molar-refractivity contribution in [2.75, 3.05) is 25.0 Å². The molecule has 0 aromatic carbocycles. The smallest absolute Gasteiger partial charge is 0.240 e. The first-order valence-corrected chi connectivity index (χ1v) is 8.82. The molecular weight excluding hydrogens is 314 g/mol. The van der Waals surface area contributed by atoms with Gasteiger partial charge in [0.05, 0.1) is 12.6 Å². The SMILES string of the molecule is CC(C)(C)c1nnc(NC(=O)CN2CCNC(=O)C2C2CC2)s1. The minimum absolute atomic E-state index is 0.0532. The van der Waals surface area contributed by atoms with Crippen molar-refractivity contribution in [2.45, 2.75) is 45.1 Å². The standard InChI is InChI=1S/C15H23N5O2S/c1-15(2,3)13-18-19-14(23-13)17-10(21)8-20-7-6-16-12(22)11(20)9-4-5-9/h9,11H,4-8H2,1-3H3,(H,16,22)(H,17,19,21). The molecule has 1 saturated heterocycles. The van der Waals surface area contributed by atoms with Crippen molar-refractivity contribution in [1.29, 1.82) is 0 Å². The highest BCUT2D eigenvalue weighted by atomic mass is 32.1. The molecule has 1 unspecified atom stereocenters. The Morgan fingerprint density at radius 3 is 2.74 bits per heavy atom. The van der Waals surface area contributed by atoms with E-state index < -0.39 is 0 Å². The van der Waals surface area contributed by atoms with Gasteiger partial charge in [-0.3, -0.25) is 19.8 Å². The summed E-state index contributed by atoms with van der Waals surface area (Å²) in [5.41, 5.74) is -0.0807. The first-order chi connectivity index (χ1) is 10.8. The third kappa shape index (κ3) is 3.87. The van der Waals surface area contributed by atoms with Crippen LogP contribution in [-0.2, 0) is 15.0 Å². The number of rotatable bonds is 4. The number of nitrogens with zero attached hydrogens (tertiary/aromatic N) is 3. The molecule has 126 valence electrons. The Labute approximate surface area is 139 Å². The molecule has 0 bridgehead atoms. The Kier molecular flexibility index (Phi) is 4.37. The molecule has 0 spiro atoms. The number of aromatic nitrogens is 2. The minimum atomic E-state index is -0.158. The molecule has 2 heterocycles. The lowest BCUT2D eigenvalue weighted by molar-refractivity contribution is -0.131. The van der Waals surface area contributed by atoms with Crippen molar-refractivity contribution in [2.24, 2.45) is 5.92 Å². The van der Waals surface area contributed by atoms with Gasteiger partial charge in [0.1, 0.15) is 5.01 Å². The highest BCUT2D eigenvalue weighted by Crippen LogP contribution is 2.36. The lowest BCUT2D eigenvalue weighted by Gasteiger charge is -2.34. The van der Waals surface area contributed by atoms with E-state index in [1.165, 1.54) is 11.3 Å². The molecule has 23 heavy (non-hydrogen) atoms. The molecule has 2 amide bonds. The zero-order valence-electron chi connectivity index (χ0n) is 13.8. The van der Waals surface area contributed by atoms with Crippen LogP contribution in [0.15, 0.2) is 0 Å². The molecule has 7 nitrogen and oxygen atoms in total. The number of piperazine rings is 1. The number of hydrogen-bond donors (Lipinski definition) is 2. The van der Waals surface area contributed by atoms with Crippen LogP contribution in [0.2, 0.25) is 0 Å². The third-order valence-electron chi connectivity index (χ3n) is 4.09. The highest BCUT2D eigenvalue weighted by molar-refractivity contribution is 7.15. The van der Waals surface area contributed by atoms with Crippen molar-refractivity contribution in [1.82, 2.24) is 20.4 Å². The van der Waals surface area contributed by atoms with Gasteiger partial charge in [-0.05, 0) is 18.8 Å². The van der Waals surface area contributed by atoms with Gasteiger partial charge in [-0.15, -0.1) is 10.2 Å². The van der Waals surface area contributed by atoms with Crippen molar-refractivity contribution in [3.8, 4) is 0 Å². The predicted molar refractivity (Wildman–Crippen MR) is 88.3 cm³/mol. The zero-order valence-corrected chi connectivity index (χ0v) is 14.6. The summed E-state index contributed by atoms with van der Waals surface area (Å²) >= 11 is 1.40. The van der Waals surface area contributed by atoms with Crippen molar-refractivity contribution in [3.63, 3.8) is 0 Å². The molecule has 2 fully saturated rings. The van der Waals surface area contributed by atoms with Crippen LogP contribution in [-0.4, -0.2) is 52.6 Å². The third-order valence-corrected chi connectivity index (χ3v) is 5.35. The van der Waals surface area contributed by atoms with E-state index in [1.807, 2.05) is 4.90 Å². The van der Waals surface area contributed by atoms with Gasteiger partial charge in [-0.1, -0.05) is 32.1 Å². The monoisotopic (exact) mass is 337 g/mol. The molecule has 1 atom stereocenters. The summed E-state index contributed by atoms with van der Waals surface area (Å²) in [6.07, 6.45) is 2.14. The Bertz CT molecular complexity index is 605. The lowest BCUT2D eigenvalue weighted by atomic mass is 9.98. The van der Waals surface area contributed by atoms with Gasteiger partial charge in [-0.25, -0.2) is 0 Å². The first-order valence-electron chi connectivity index (χ1n) is 8.00. The Morgan fingerprint density at radius 1 is 1.39 bits per heavy atom. The predicted octanol–water partition coefficient (Wildman–Crippen LogP) is 0.984. The van der Waals surface area contributed by atoms with Gasteiger partial charge in [-0.2, -0.15) is 0 Å². The Hall–Kier alpha value is -1.54. The van der Waals surface area contributed by atoms with E-state index in [9.17, 15) is 9.59 Å². The van der Waals surface area contributed by atoms with Gasteiger partial charge < -0.3 is 5.32 Å². The van der Waals surface area contributed by atoms with Crippen LogP contribution in [0, 0.1) is 5.92 Å². The van der Waals surface area contributed by atoms with E-state index in [4.69, 9.17) is 0 Å². The second-order valence-corrected chi connectivity index (χ2v) is 8.23. The van der Waals surface area contributed by atoms with Crippen LogP contribution in [0.1, 0.15) is 38.6 Å². The largest absolute Gasteiger partial charge is 0.353 e. The summed E-state index contributed by atoms with van der Waals surface area (Å²) in [5, 5.41) is 15.3. The molecule has 2 aliphatic rings. The van der Waals surface area contributed by atoms with Crippen LogP contribution < -0.4 is 10.6 Å². The Balaban J connectivity index is 1.60. The Morgan fingerprint density at radius 2 is 2.13 bits per heavy atom. The fraction of sp³-hybridized carbons (Fsp3) is 0.733. The molecule has 8 heteroatoms. The maximum atomic E-state index is 12.3. The van der Waals surface area contributed by atoms with Crippen LogP contribution in [0.5, 0.6) is 0 Å². The molecule has 2 N–H and O–H groups in total. The number of carbonyl (C=O) groups excluding carboxylic acids is 2. The van der Waals surface area contributed by atoms with Gasteiger partial charge >= 0.3 is 0 Å². The fourth-order valence-corrected chi connectivity index (χ4v) is 3.57.